The fourth-order valence-corrected chi connectivity index (χ4v) is 2.64. The van der Waals surface area contributed by atoms with E-state index in [1.54, 1.807) is 17.1 Å². The lowest BCUT2D eigenvalue weighted by Gasteiger charge is -2.04. The Hall–Kier alpha value is -2.59. The zero-order valence-corrected chi connectivity index (χ0v) is 14.1. The highest BCUT2D eigenvalue weighted by molar-refractivity contribution is 6.30. The summed E-state index contributed by atoms with van der Waals surface area (Å²) in [4.78, 5) is 12.3. The maximum Gasteiger partial charge on any atom is 0.255 e. The fourth-order valence-electron chi connectivity index (χ4n) is 2.43. The van der Waals surface area contributed by atoms with E-state index in [1.165, 1.54) is 5.56 Å². The van der Waals surface area contributed by atoms with Crippen LogP contribution in [0.1, 0.15) is 28.4 Å². The van der Waals surface area contributed by atoms with Crippen molar-refractivity contribution >= 4 is 23.2 Å². The number of hydrogen-bond acceptors (Lipinski definition) is 2. The molecule has 0 saturated carbocycles. The molecule has 0 aliphatic carbocycles. The highest BCUT2D eigenvalue weighted by atomic mass is 35.5. The van der Waals surface area contributed by atoms with Gasteiger partial charge in [0.1, 0.15) is 0 Å². The second kappa shape index (κ2) is 7.32. The van der Waals surface area contributed by atoms with E-state index in [4.69, 9.17) is 11.6 Å². The number of hydrogen-bond donors (Lipinski definition) is 1. The van der Waals surface area contributed by atoms with Crippen LogP contribution >= 0.6 is 11.6 Å². The van der Waals surface area contributed by atoms with Gasteiger partial charge >= 0.3 is 0 Å². The molecule has 5 heteroatoms. The minimum absolute atomic E-state index is 0.139. The average molecular weight is 340 g/mol. The van der Waals surface area contributed by atoms with Crippen molar-refractivity contribution in [3.8, 4) is 0 Å². The standard InChI is InChI=1S/C19H18ClN3O/c1-2-14-6-8-16(9-7-14)19(24)22-18-11-21-23(13-18)12-15-4-3-5-17(20)10-15/h3-11,13H,2,12H2,1H3,(H,22,24). The van der Waals surface area contributed by atoms with Gasteiger partial charge in [-0.15, -0.1) is 0 Å². The second-order valence-electron chi connectivity index (χ2n) is 5.56. The summed E-state index contributed by atoms with van der Waals surface area (Å²) in [6, 6.07) is 15.2. The van der Waals surface area contributed by atoms with Gasteiger partial charge in [-0.3, -0.25) is 9.48 Å². The normalized spacial score (nSPS) is 10.6. The van der Waals surface area contributed by atoms with E-state index in [1.807, 2.05) is 48.5 Å². The third-order valence-corrected chi connectivity index (χ3v) is 3.98. The minimum atomic E-state index is -0.139. The van der Waals surface area contributed by atoms with Gasteiger partial charge in [-0.2, -0.15) is 5.10 Å². The molecule has 1 heterocycles. The zero-order chi connectivity index (χ0) is 16.9. The van der Waals surface area contributed by atoms with Crippen LogP contribution in [0.3, 0.4) is 0 Å². The number of anilines is 1. The third kappa shape index (κ3) is 4.03. The van der Waals surface area contributed by atoms with Gasteiger partial charge in [0.25, 0.3) is 5.91 Å². The van der Waals surface area contributed by atoms with E-state index in [-0.39, 0.29) is 5.91 Å². The first-order chi connectivity index (χ1) is 11.6. The van der Waals surface area contributed by atoms with Crippen molar-refractivity contribution in [2.75, 3.05) is 5.32 Å². The monoisotopic (exact) mass is 339 g/mol. The fraction of sp³-hybridized carbons (Fsp3) is 0.158. The topological polar surface area (TPSA) is 46.9 Å². The van der Waals surface area contributed by atoms with E-state index in [2.05, 4.69) is 17.3 Å². The number of benzene rings is 2. The Labute approximate surface area is 146 Å². The summed E-state index contributed by atoms with van der Waals surface area (Å²) in [6.07, 6.45) is 4.40. The van der Waals surface area contributed by atoms with Gasteiger partial charge in [0.05, 0.1) is 18.4 Å². The van der Waals surface area contributed by atoms with E-state index < -0.39 is 0 Å². The Bertz CT molecular complexity index is 840. The summed E-state index contributed by atoms with van der Waals surface area (Å²) in [7, 11) is 0. The Morgan fingerprint density at radius 3 is 2.67 bits per heavy atom. The molecule has 0 spiro atoms. The predicted octanol–water partition coefficient (Wildman–Crippen LogP) is 4.40. The van der Waals surface area contributed by atoms with Gasteiger partial charge < -0.3 is 5.32 Å². The van der Waals surface area contributed by atoms with E-state index >= 15 is 0 Å². The number of carbonyl (C=O) groups excluding carboxylic acids is 1. The van der Waals surface area contributed by atoms with Crippen LogP contribution in [-0.2, 0) is 13.0 Å². The molecule has 1 amide bonds. The SMILES string of the molecule is CCc1ccc(C(=O)Nc2cnn(Cc3cccc(Cl)c3)c2)cc1. The molecule has 1 aromatic heterocycles. The smallest absolute Gasteiger partial charge is 0.255 e. The molecule has 122 valence electrons. The van der Waals surface area contributed by atoms with Crippen molar-refractivity contribution in [1.29, 1.82) is 0 Å². The number of amides is 1. The summed E-state index contributed by atoms with van der Waals surface area (Å²) >= 11 is 5.99. The summed E-state index contributed by atoms with van der Waals surface area (Å²) in [5, 5.41) is 7.84. The molecule has 0 atom stereocenters. The van der Waals surface area contributed by atoms with Gasteiger partial charge in [-0.05, 0) is 41.8 Å². The molecule has 0 aliphatic rings. The summed E-state index contributed by atoms with van der Waals surface area (Å²) in [6.45, 7) is 2.69. The summed E-state index contributed by atoms with van der Waals surface area (Å²) in [5.74, 6) is -0.139. The molecule has 24 heavy (non-hydrogen) atoms. The Kier molecular flexibility index (Phi) is 4.96. The first-order valence-electron chi connectivity index (χ1n) is 7.81. The molecular formula is C19H18ClN3O. The van der Waals surface area contributed by atoms with Crippen molar-refractivity contribution in [2.24, 2.45) is 0 Å². The Morgan fingerprint density at radius 2 is 1.96 bits per heavy atom. The highest BCUT2D eigenvalue weighted by Gasteiger charge is 2.08. The molecule has 0 saturated heterocycles. The van der Waals surface area contributed by atoms with Crippen LogP contribution in [0, 0.1) is 0 Å². The van der Waals surface area contributed by atoms with E-state index in [0.29, 0.717) is 22.8 Å². The van der Waals surface area contributed by atoms with Gasteiger partial charge in [-0.25, -0.2) is 0 Å². The van der Waals surface area contributed by atoms with Gasteiger partial charge in [0, 0.05) is 16.8 Å². The van der Waals surface area contributed by atoms with Gasteiger partial charge in [0.2, 0.25) is 0 Å². The molecule has 3 aromatic rings. The number of nitrogens with one attached hydrogen (secondary N) is 1. The molecule has 0 fully saturated rings. The molecule has 4 nitrogen and oxygen atoms in total. The molecule has 0 unspecified atom stereocenters. The maximum atomic E-state index is 12.3. The van der Waals surface area contributed by atoms with Crippen LogP contribution in [0.2, 0.25) is 5.02 Å². The van der Waals surface area contributed by atoms with Crippen LogP contribution in [0.4, 0.5) is 5.69 Å². The maximum absolute atomic E-state index is 12.3. The first-order valence-corrected chi connectivity index (χ1v) is 8.19. The summed E-state index contributed by atoms with van der Waals surface area (Å²) < 4.78 is 1.77. The molecule has 1 N–H and O–H groups in total. The number of aryl methyl sites for hydroxylation is 1. The zero-order valence-electron chi connectivity index (χ0n) is 13.4. The number of aromatic nitrogens is 2. The molecule has 0 radical (unpaired) electrons. The molecular weight excluding hydrogens is 322 g/mol. The van der Waals surface area contributed by atoms with Crippen molar-refractivity contribution < 1.29 is 4.79 Å². The van der Waals surface area contributed by atoms with Crippen LogP contribution in [0.25, 0.3) is 0 Å². The predicted molar refractivity (Wildman–Crippen MR) is 96.6 cm³/mol. The number of rotatable bonds is 5. The van der Waals surface area contributed by atoms with E-state index in [9.17, 15) is 4.79 Å². The van der Waals surface area contributed by atoms with Crippen LogP contribution < -0.4 is 5.32 Å². The largest absolute Gasteiger partial charge is 0.319 e. The lowest BCUT2D eigenvalue weighted by Crippen LogP contribution is -2.11. The molecule has 3 rings (SSSR count). The van der Waals surface area contributed by atoms with Crippen molar-refractivity contribution in [1.82, 2.24) is 9.78 Å². The van der Waals surface area contributed by atoms with Gasteiger partial charge in [-0.1, -0.05) is 42.8 Å². The lowest BCUT2D eigenvalue weighted by molar-refractivity contribution is 0.102. The van der Waals surface area contributed by atoms with E-state index in [0.717, 1.165) is 12.0 Å². The number of carbonyl (C=O) groups is 1. The Balaban J connectivity index is 1.65. The number of halogens is 1. The first kappa shape index (κ1) is 16.3. The molecule has 0 bridgehead atoms. The molecule has 2 aromatic carbocycles. The molecule has 0 aliphatic heterocycles. The lowest BCUT2D eigenvalue weighted by atomic mass is 10.1. The van der Waals surface area contributed by atoms with Crippen LogP contribution in [0.5, 0.6) is 0 Å². The minimum Gasteiger partial charge on any atom is -0.319 e. The average Bonchev–Trinajstić information content (AvgIpc) is 3.02. The second-order valence-corrected chi connectivity index (χ2v) is 6.00. The van der Waals surface area contributed by atoms with Crippen molar-refractivity contribution in [3.05, 3.63) is 82.6 Å². The highest BCUT2D eigenvalue weighted by Crippen LogP contribution is 2.14. The Morgan fingerprint density at radius 1 is 1.17 bits per heavy atom. The number of nitrogens with zero attached hydrogens (tertiary/aromatic N) is 2. The summed E-state index contributed by atoms with van der Waals surface area (Å²) in [5.41, 5.74) is 3.57. The van der Waals surface area contributed by atoms with Crippen molar-refractivity contribution in [2.45, 2.75) is 19.9 Å². The van der Waals surface area contributed by atoms with Crippen LogP contribution in [-0.4, -0.2) is 15.7 Å². The quantitative estimate of drug-likeness (QED) is 0.749. The van der Waals surface area contributed by atoms with Crippen LogP contribution in [0.15, 0.2) is 60.9 Å². The van der Waals surface area contributed by atoms with Gasteiger partial charge in [0.15, 0.2) is 0 Å². The third-order valence-electron chi connectivity index (χ3n) is 3.75. The van der Waals surface area contributed by atoms with Crippen molar-refractivity contribution in [3.63, 3.8) is 0 Å².